The van der Waals surface area contributed by atoms with Crippen molar-refractivity contribution < 1.29 is 9.59 Å². The Balaban J connectivity index is 1.29. The fraction of sp³-hybridized carbons (Fsp3) is 0.364. The molecular formula is C22H22N4O3S. The van der Waals surface area contributed by atoms with E-state index in [1.807, 2.05) is 23.1 Å². The molecule has 2 aromatic heterocycles. The molecule has 2 aliphatic heterocycles. The molecule has 154 valence electrons. The maximum atomic E-state index is 13.2. The van der Waals surface area contributed by atoms with Crippen LogP contribution in [0.2, 0.25) is 0 Å². The standard InChI is InChI=1S/C22H22N4O3S/c27-18(17-14-23-21-26(19(17)28)12-13-30-21)25-11-8-22(15-25)7-10-24(20(22)29)9-6-16-4-2-1-3-5-16/h1-5,12-14H,6-11,15H2. The number of rotatable bonds is 4. The number of amides is 2. The lowest BCUT2D eigenvalue weighted by atomic mass is 9.85. The summed E-state index contributed by atoms with van der Waals surface area (Å²) in [6.07, 6.45) is 5.22. The third-order valence-corrected chi connectivity index (χ3v) is 7.10. The minimum absolute atomic E-state index is 0.0642. The summed E-state index contributed by atoms with van der Waals surface area (Å²) in [6, 6.07) is 10.1. The van der Waals surface area contributed by atoms with Gasteiger partial charge in [-0.25, -0.2) is 4.98 Å². The lowest BCUT2D eigenvalue weighted by molar-refractivity contribution is -0.135. The molecule has 2 saturated heterocycles. The van der Waals surface area contributed by atoms with Crippen molar-refractivity contribution in [1.29, 1.82) is 0 Å². The van der Waals surface area contributed by atoms with Gasteiger partial charge in [-0.05, 0) is 24.8 Å². The van der Waals surface area contributed by atoms with Crippen LogP contribution < -0.4 is 5.56 Å². The van der Waals surface area contributed by atoms with Gasteiger partial charge in [0.05, 0.1) is 5.41 Å². The van der Waals surface area contributed by atoms with Crippen LogP contribution in [0.3, 0.4) is 0 Å². The van der Waals surface area contributed by atoms with E-state index in [4.69, 9.17) is 0 Å². The topological polar surface area (TPSA) is 75.0 Å². The van der Waals surface area contributed by atoms with Gasteiger partial charge in [-0.2, -0.15) is 0 Å². The highest BCUT2D eigenvalue weighted by Gasteiger charge is 2.51. The van der Waals surface area contributed by atoms with Gasteiger partial charge >= 0.3 is 0 Å². The fourth-order valence-electron chi connectivity index (χ4n) is 4.58. The third-order valence-electron chi connectivity index (χ3n) is 6.33. The van der Waals surface area contributed by atoms with Crippen molar-refractivity contribution >= 4 is 28.1 Å². The van der Waals surface area contributed by atoms with Crippen molar-refractivity contribution in [3.8, 4) is 0 Å². The van der Waals surface area contributed by atoms with Crippen LogP contribution in [-0.4, -0.2) is 57.2 Å². The summed E-state index contributed by atoms with van der Waals surface area (Å²) >= 11 is 1.35. The maximum Gasteiger partial charge on any atom is 0.271 e. The smallest absolute Gasteiger partial charge is 0.271 e. The normalized spacial score (nSPS) is 21.3. The van der Waals surface area contributed by atoms with Crippen LogP contribution in [0.15, 0.2) is 52.9 Å². The van der Waals surface area contributed by atoms with Crippen molar-refractivity contribution in [2.24, 2.45) is 5.41 Å². The van der Waals surface area contributed by atoms with E-state index in [9.17, 15) is 14.4 Å². The molecule has 0 aliphatic carbocycles. The molecular weight excluding hydrogens is 400 g/mol. The first-order valence-electron chi connectivity index (χ1n) is 10.1. The first-order valence-corrected chi connectivity index (χ1v) is 11.0. The minimum Gasteiger partial charge on any atom is -0.342 e. The first-order chi connectivity index (χ1) is 14.6. The molecule has 0 radical (unpaired) electrons. The zero-order chi connectivity index (χ0) is 20.7. The highest BCUT2D eigenvalue weighted by atomic mass is 32.1. The zero-order valence-corrected chi connectivity index (χ0v) is 17.3. The van der Waals surface area contributed by atoms with Crippen LogP contribution in [0.4, 0.5) is 0 Å². The van der Waals surface area contributed by atoms with Crippen LogP contribution >= 0.6 is 11.3 Å². The van der Waals surface area contributed by atoms with Gasteiger partial charge in [-0.15, -0.1) is 11.3 Å². The van der Waals surface area contributed by atoms with Gasteiger partial charge in [0.15, 0.2) is 4.96 Å². The number of carbonyl (C=O) groups is 2. The average Bonchev–Trinajstić information content (AvgIpc) is 3.49. The number of hydrogen-bond acceptors (Lipinski definition) is 5. The van der Waals surface area contributed by atoms with Gasteiger partial charge in [-0.1, -0.05) is 30.3 Å². The molecule has 0 saturated carbocycles. The fourth-order valence-corrected chi connectivity index (χ4v) is 5.26. The molecule has 2 aliphatic rings. The monoisotopic (exact) mass is 422 g/mol. The highest BCUT2D eigenvalue weighted by molar-refractivity contribution is 7.15. The number of fused-ring (bicyclic) bond motifs is 1. The number of aromatic nitrogens is 2. The zero-order valence-electron chi connectivity index (χ0n) is 16.5. The molecule has 7 nitrogen and oxygen atoms in total. The molecule has 5 rings (SSSR count). The summed E-state index contributed by atoms with van der Waals surface area (Å²) in [4.78, 5) is 47.2. The molecule has 1 spiro atoms. The third kappa shape index (κ3) is 3.11. The number of carbonyl (C=O) groups excluding carboxylic acids is 2. The van der Waals surface area contributed by atoms with Crippen LogP contribution in [-0.2, 0) is 11.2 Å². The number of nitrogens with zero attached hydrogens (tertiary/aromatic N) is 4. The lowest BCUT2D eigenvalue weighted by Crippen LogP contribution is -2.40. The van der Waals surface area contributed by atoms with Gasteiger partial charge in [-0.3, -0.25) is 18.8 Å². The van der Waals surface area contributed by atoms with Crippen LogP contribution in [0.25, 0.3) is 4.96 Å². The van der Waals surface area contributed by atoms with E-state index in [1.54, 1.807) is 16.5 Å². The van der Waals surface area contributed by atoms with E-state index in [1.165, 1.54) is 27.5 Å². The minimum atomic E-state index is -0.511. The van der Waals surface area contributed by atoms with E-state index in [0.717, 1.165) is 19.4 Å². The molecule has 2 fully saturated rings. The lowest BCUT2D eigenvalue weighted by Gasteiger charge is -2.23. The Bertz CT molecular complexity index is 1170. The SMILES string of the molecule is O=C(c1cnc2sccn2c1=O)N1CCC2(CCN(CCc3ccccc3)C2=O)C1. The van der Waals surface area contributed by atoms with Gasteiger partial charge in [0.2, 0.25) is 5.91 Å². The van der Waals surface area contributed by atoms with Crippen LogP contribution in [0.5, 0.6) is 0 Å². The largest absolute Gasteiger partial charge is 0.342 e. The summed E-state index contributed by atoms with van der Waals surface area (Å²) in [7, 11) is 0. The predicted molar refractivity (Wildman–Crippen MR) is 114 cm³/mol. The van der Waals surface area contributed by atoms with Crippen molar-refractivity contribution in [3.63, 3.8) is 0 Å². The molecule has 0 N–H and O–H groups in total. The van der Waals surface area contributed by atoms with Gasteiger partial charge in [0, 0.05) is 44.0 Å². The van der Waals surface area contributed by atoms with E-state index in [0.29, 0.717) is 31.0 Å². The Morgan fingerprint density at radius 2 is 1.93 bits per heavy atom. The molecule has 0 bridgehead atoms. The summed E-state index contributed by atoms with van der Waals surface area (Å²) in [5.41, 5.74) is 0.415. The van der Waals surface area contributed by atoms with Crippen molar-refractivity contribution in [1.82, 2.24) is 19.2 Å². The van der Waals surface area contributed by atoms with Gasteiger partial charge in [0.25, 0.3) is 11.5 Å². The quantitative estimate of drug-likeness (QED) is 0.645. The molecule has 30 heavy (non-hydrogen) atoms. The Morgan fingerprint density at radius 3 is 2.77 bits per heavy atom. The second kappa shape index (κ2) is 7.36. The van der Waals surface area contributed by atoms with E-state index in [2.05, 4.69) is 17.1 Å². The van der Waals surface area contributed by atoms with Crippen molar-refractivity contribution in [2.75, 3.05) is 26.2 Å². The Morgan fingerprint density at radius 1 is 1.13 bits per heavy atom. The van der Waals surface area contributed by atoms with Crippen molar-refractivity contribution in [3.05, 3.63) is 69.6 Å². The van der Waals surface area contributed by atoms with Crippen LogP contribution in [0.1, 0.15) is 28.8 Å². The second-order valence-corrected chi connectivity index (χ2v) is 8.94. The van der Waals surface area contributed by atoms with E-state index in [-0.39, 0.29) is 22.9 Å². The molecule has 1 atom stereocenters. The predicted octanol–water partition coefficient (Wildman–Crippen LogP) is 2.06. The summed E-state index contributed by atoms with van der Waals surface area (Å²) < 4.78 is 1.40. The van der Waals surface area contributed by atoms with E-state index >= 15 is 0 Å². The second-order valence-electron chi connectivity index (χ2n) is 8.07. The maximum absolute atomic E-state index is 13.2. The average molecular weight is 423 g/mol. The Labute approximate surface area is 177 Å². The van der Waals surface area contributed by atoms with E-state index < -0.39 is 5.41 Å². The number of likely N-dealkylation sites (tertiary alicyclic amines) is 2. The summed E-state index contributed by atoms with van der Waals surface area (Å²) in [5, 5.41) is 1.77. The van der Waals surface area contributed by atoms with Crippen molar-refractivity contribution in [2.45, 2.75) is 19.3 Å². The number of benzene rings is 1. The molecule has 1 aromatic carbocycles. The molecule has 2 amide bonds. The molecule has 8 heteroatoms. The highest BCUT2D eigenvalue weighted by Crippen LogP contribution is 2.41. The number of hydrogen-bond donors (Lipinski definition) is 0. The summed E-state index contributed by atoms with van der Waals surface area (Å²) in [6.45, 7) is 2.28. The molecule has 3 aromatic rings. The van der Waals surface area contributed by atoms with Gasteiger partial charge < -0.3 is 9.80 Å². The first kappa shape index (κ1) is 19.0. The molecule has 1 unspecified atom stereocenters. The summed E-state index contributed by atoms with van der Waals surface area (Å²) in [5.74, 6) is -0.197. The van der Waals surface area contributed by atoms with Gasteiger partial charge in [0.1, 0.15) is 5.56 Å². The number of thiazole rings is 1. The molecule has 4 heterocycles. The Hall–Kier alpha value is -3.00. The van der Waals surface area contributed by atoms with Crippen LogP contribution in [0, 0.1) is 5.41 Å². The Kier molecular flexibility index (Phi) is 4.66.